The molecule has 0 bridgehead atoms. The number of hydrogen-bond acceptors (Lipinski definition) is 3. The third kappa shape index (κ3) is 3.52. The molecule has 19 heavy (non-hydrogen) atoms. The molecule has 1 fully saturated rings. The molecule has 1 N–H and O–H groups in total. The lowest BCUT2D eigenvalue weighted by atomic mass is 10.2. The van der Waals surface area contributed by atoms with Crippen LogP contribution in [0.2, 0.25) is 5.02 Å². The number of carboxylic acids is 1. The van der Waals surface area contributed by atoms with Gasteiger partial charge in [0.15, 0.2) is 0 Å². The van der Waals surface area contributed by atoms with Crippen LogP contribution in [0.15, 0.2) is 36.4 Å². The third-order valence-electron chi connectivity index (χ3n) is 2.70. The van der Waals surface area contributed by atoms with Crippen molar-refractivity contribution in [1.29, 1.82) is 0 Å². The number of hydrogen-bond donors (Lipinski definition) is 1. The lowest BCUT2D eigenvalue weighted by Gasteiger charge is -2.22. The number of thioether (sulfide) groups is 1. The number of halogens is 1. The van der Waals surface area contributed by atoms with Crippen LogP contribution in [0.1, 0.15) is 10.9 Å². The van der Waals surface area contributed by atoms with Crippen LogP contribution in [0.25, 0.3) is 0 Å². The van der Waals surface area contributed by atoms with Crippen molar-refractivity contribution in [2.45, 2.75) is 5.37 Å². The van der Waals surface area contributed by atoms with Gasteiger partial charge in [-0.2, -0.15) is 0 Å². The van der Waals surface area contributed by atoms with Gasteiger partial charge in [0.1, 0.15) is 5.37 Å². The number of amides is 1. The molecular weight excluding hydrogens is 286 g/mol. The van der Waals surface area contributed by atoms with Crippen LogP contribution in [0, 0.1) is 0 Å². The van der Waals surface area contributed by atoms with Crippen molar-refractivity contribution in [3.05, 3.63) is 47.0 Å². The van der Waals surface area contributed by atoms with Gasteiger partial charge in [0, 0.05) is 29.5 Å². The predicted molar refractivity (Wildman–Crippen MR) is 75.1 cm³/mol. The van der Waals surface area contributed by atoms with Crippen molar-refractivity contribution in [3.63, 3.8) is 0 Å². The molecule has 1 atom stereocenters. The molecule has 1 aromatic carbocycles. The molecule has 0 aliphatic carbocycles. The SMILES string of the molecule is O=C(O)/C=C/C(=O)N1CCS[C@H]1c1ccc(Cl)cc1. The van der Waals surface area contributed by atoms with Crippen molar-refractivity contribution < 1.29 is 14.7 Å². The van der Waals surface area contributed by atoms with E-state index in [9.17, 15) is 9.59 Å². The highest BCUT2D eigenvalue weighted by atomic mass is 35.5. The van der Waals surface area contributed by atoms with Crippen LogP contribution in [-0.2, 0) is 9.59 Å². The zero-order valence-electron chi connectivity index (χ0n) is 9.95. The average molecular weight is 298 g/mol. The number of nitrogens with zero attached hydrogens (tertiary/aromatic N) is 1. The quantitative estimate of drug-likeness (QED) is 0.871. The molecule has 0 radical (unpaired) electrons. The van der Waals surface area contributed by atoms with E-state index in [0.29, 0.717) is 11.6 Å². The van der Waals surface area contributed by atoms with Crippen molar-refractivity contribution in [2.75, 3.05) is 12.3 Å². The number of rotatable bonds is 3. The second-order valence-electron chi connectivity index (χ2n) is 3.98. The van der Waals surface area contributed by atoms with Crippen molar-refractivity contribution in [1.82, 2.24) is 4.90 Å². The maximum Gasteiger partial charge on any atom is 0.328 e. The van der Waals surface area contributed by atoms with Crippen LogP contribution >= 0.6 is 23.4 Å². The number of carboxylic acid groups (broad SMARTS) is 1. The first-order chi connectivity index (χ1) is 9.08. The minimum absolute atomic E-state index is 0.0804. The summed E-state index contributed by atoms with van der Waals surface area (Å²) >= 11 is 7.49. The van der Waals surface area contributed by atoms with Gasteiger partial charge in [-0.1, -0.05) is 23.7 Å². The highest BCUT2D eigenvalue weighted by Crippen LogP contribution is 2.38. The van der Waals surface area contributed by atoms with Crippen LogP contribution in [0.4, 0.5) is 0 Å². The summed E-state index contributed by atoms with van der Waals surface area (Å²) in [5.41, 5.74) is 0.990. The molecule has 100 valence electrons. The van der Waals surface area contributed by atoms with E-state index in [1.165, 1.54) is 0 Å². The van der Waals surface area contributed by atoms with Gasteiger partial charge in [0.2, 0.25) is 5.91 Å². The summed E-state index contributed by atoms with van der Waals surface area (Å²) in [7, 11) is 0. The summed E-state index contributed by atoms with van der Waals surface area (Å²) in [6, 6.07) is 7.33. The lowest BCUT2D eigenvalue weighted by Crippen LogP contribution is -2.28. The topological polar surface area (TPSA) is 57.6 Å². The van der Waals surface area contributed by atoms with Crippen molar-refractivity contribution >= 4 is 35.2 Å². The largest absolute Gasteiger partial charge is 0.478 e. The van der Waals surface area contributed by atoms with E-state index < -0.39 is 5.97 Å². The van der Waals surface area contributed by atoms with E-state index >= 15 is 0 Å². The summed E-state index contributed by atoms with van der Waals surface area (Å²) < 4.78 is 0. The van der Waals surface area contributed by atoms with Gasteiger partial charge < -0.3 is 10.0 Å². The van der Waals surface area contributed by atoms with Crippen LogP contribution < -0.4 is 0 Å². The fourth-order valence-corrected chi connectivity index (χ4v) is 3.23. The van der Waals surface area contributed by atoms with Gasteiger partial charge in [-0.25, -0.2) is 4.79 Å². The summed E-state index contributed by atoms with van der Waals surface area (Å²) in [6.07, 6.45) is 1.96. The fraction of sp³-hybridized carbons (Fsp3) is 0.231. The minimum atomic E-state index is -1.12. The van der Waals surface area contributed by atoms with E-state index in [1.807, 2.05) is 12.1 Å². The number of carbonyl (C=O) groups excluding carboxylic acids is 1. The van der Waals surface area contributed by atoms with Crippen molar-refractivity contribution in [2.24, 2.45) is 0 Å². The Bertz CT molecular complexity index is 515. The zero-order chi connectivity index (χ0) is 13.8. The van der Waals surface area contributed by atoms with Gasteiger partial charge in [-0.15, -0.1) is 11.8 Å². The maximum absolute atomic E-state index is 11.9. The first-order valence-electron chi connectivity index (χ1n) is 5.66. The Hall–Kier alpha value is -1.46. The number of carbonyl (C=O) groups is 2. The first-order valence-corrected chi connectivity index (χ1v) is 7.09. The Kier molecular flexibility index (Phi) is 4.50. The first kappa shape index (κ1) is 14.0. The molecule has 1 aliphatic heterocycles. The van der Waals surface area contributed by atoms with Crippen LogP contribution in [-0.4, -0.2) is 34.2 Å². The molecule has 1 saturated heterocycles. The molecule has 0 unspecified atom stereocenters. The maximum atomic E-state index is 11.9. The standard InChI is InChI=1S/C13H12ClNO3S/c14-10-3-1-9(2-4-10)13-15(7-8-19-13)11(16)5-6-12(17)18/h1-6,13H,7-8H2,(H,17,18)/b6-5+/t13-/m0/s1. The fourth-order valence-electron chi connectivity index (χ4n) is 1.84. The molecule has 2 rings (SSSR count). The van der Waals surface area contributed by atoms with Crippen molar-refractivity contribution in [3.8, 4) is 0 Å². The molecule has 1 amide bonds. The smallest absolute Gasteiger partial charge is 0.328 e. The lowest BCUT2D eigenvalue weighted by molar-refractivity contribution is -0.132. The average Bonchev–Trinajstić information content (AvgIpc) is 2.86. The summed E-state index contributed by atoms with van der Waals surface area (Å²) in [6.45, 7) is 0.612. The summed E-state index contributed by atoms with van der Waals surface area (Å²) in [4.78, 5) is 24.0. The van der Waals surface area contributed by atoms with Gasteiger partial charge in [0.05, 0.1) is 0 Å². The minimum Gasteiger partial charge on any atom is -0.478 e. The number of aliphatic carboxylic acids is 1. The van der Waals surface area contributed by atoms with Gasteiger partial charge >= 0.3 is 5.97 Å². The molecule has 1 aliphatic rings. The summed E-state index contributed by atoms with van der Waals surface area (Å²) in [5.74, 6) is -0.574. The molecule has 0 saturated carbocycles. The Labute approximate surface area is 120 Å². The Morgan fingerprint density at radius 1 is 1.32 bits per heavy atom. The summed E-state index contributed by atoms with van der Waals surface area (Å²) in [5, 5.41) is 9.11. The van der Waals surface area contributed by atoms with Gasteiger partial charge in [0.25, 0.3) is 0 Å². The monoisotopic (exact) mass is 297 g/mol. The molecule has 6 heteroatoms. The van der Waals surface area contributed by atoms with Gasteiger partial charge in [-0.3, -0.25) is 4.79 Å². The van der Waals surface area contributed by atoms with E-state index in [4.69, 9.17) is 16.7 Å². The molecule has 1 heterocycles. The highest BCUT2D eigenvalue weighted by Gasteiger charge is 2.29. The third-order valence-corrected chi connectivity index (χ3v) is 4.21. The van der Waals surface area contributed by atoms with E-state index in [1.54, 1.807) is 28.8 Å². The second-order valence-corrected chi connectivity index (χ2v) is 5.60. The Morgan fingerprint density at radius 2 is 2.00 bits per heavy atom. The molecule has 0 aromatic heterocycles. The van der Waals surface area contributed by atoms with E-state index in [2.05, 4.69) is 0 Å². The van der Waals surface area contributed by atoms with Gasteiger partial charge in [-0.05, 0) is 17.7 Å². The van der Waals surface area contributed by atoms with Crippen LogP contribution in [0.3, 0.4) is 0 Å². The van der Waals surface area contributed by atoms with E-state index in [0.717, 1.165) is 23.5 Å². The predicted octanol–water partition coefficient (Wildman–Crippen LogP) is 2.55. The molecule has 4 nitrogen and oxygen atoms in total. The Balaban J connectivity index is 2.14. The molecular formula is C13H12ClNO3S. The number of benzene rings is 1. The van der Waals surface area contributed by atoms with Crippen LogP contribution in [0.5, 0.6) is 0 Å². The normalized spacial score (nSPS) is 19.0. The highest BCUT2D eigenvalue weighted by molar-refractivity contribution is 7.99. The Morgan fingerprint density at radius 3 is 2.63 bits per heavy atom. The molecule has 1 aromatic rings. The second kappa shape index (κ2) is 6.12. The zero-order valence-corrected chi connectivity index (χ0v) is 11.5. The van der Waals surface area contributed by atoms with E-state index in [-0.39, 0.29) is 11.3 Å². The molecule has 0 spiro atoms.